The molecular weight excluding hydrogens is 414 g/mol. The molecule has 1 aromatic heterocycles. The number of piperazine rings is 1. The van der Waals surface area contributed by atoms with Crippen LogP contribution in [0.2, 0.25) is 0 Å². The molecule has 1 aromatic carbocycles. The molecule has 1 fully saturated rings. The van der Waals surface area contributed by atoms with Gasteiger partial charge in [-0.3, -0.25) is 9.69 Å². The maximum absolute atomic E-state index is 13.3. The molecule has 32 heavy (non-hydrogen) atoms. The second-order valence-electron chi connectivity index (χ2n) is 8.25. The van der Waals surface area contributed by atoms with Crippen LogP contribution in [0.4, 0.5) is 14.6 Å². The number of amides is 1. The zero-order valence-electron chi connectivity index (χ0n) is 18.8. The number of hydrogen-bond acceptors (Lipinski definition) is 5. The fraction of sp³-hybridized carbons (Fsp3) is 0.500. The molecule has 6 nitrogen and oxygen atoms in total. The molecule has 1 amide bonds. The Kier molecular flexibility index (Phi) is 8.39. The van der Waals surface area contributed by atoms with Gasteiger partial charge in [0.15, 0.2) is 23.2 Å². The summed E-state index contributed by atoms with van der Waals surface area (Å²) in [5.41, 5.74) is 0.645. The van der Waals surface area contributed by atoms with Crippen LogP contribution in [0, 0.1) is 11.6 Å². The lowest BCUT2D eigenvalue weighted by atomic mass is 10.0. The SMILES string of the molecule is CCCC(CCC)N1CCN(c2ncc(C(=O)NCc3ccc(F)c(F)c3)cc2O)CC1. The van der Waals surface area contributed by atoms with Gasteiger partial charge in [0.2, 0.25) is 0 Å². The molecule has 2 heterocycles. The first-order valence-electron chi connectivity index (χ1n) is 11.3. The first-order valence-corrected chi connectivity index (χ1v) is 11.3. The average molecular weight is 447 g/mol. The molecule has 2 aromatic rings. The van der Waals surface area contributed by atoms with Crippen molar-refractivity contribution in [1.82, 2.24) is 15.2 Å². The molecule has 1 saturated heterocycles. The third-order valence-corrected chi connectivity index (χ3v) is 5.92. The van der Waals surface area contributed by atoms with E-state index in [9.17, 15) is 18.7 Å². The van der Waals surface area contributed by atoms with Gasteiger partial charge in [-0.05, 0) is 36.6 Å². The first-order chi connectivity index (χ1) is 15.4. The van der Waals surface area contributed by atoms with E-state index in [0.29, 0.717) is 17.4 Å². The van der Waals surface area contributed by atoms with E-state index in [0.717, 1.165) is 38.3 Å². The van der Waals surface area contributed by atoms with Crippen LogP contribution in [0.5, 0.6) is 5.75 Å². The second-order valence-corrected chi connectivity index (χ2v) is 8.25. The number of hydrogen-bond donors (Lipinski definition) is 2. The van der Waals surface area contributed by atoms with Crippen molar-refractivity contribution in [3.05, 3.63) is 53.2 Å². The molecule has 0 spiro atoms. The van der Waals surface area contributed by atoms with Crippen LogP contribution in [0.3, 0.4) is 0 Å². The number of aromatic nitrogens is 1. The van der Waals surface area contributed by atoms with Crippen LogP contribution in [-0.2, 0) is 6.54 Å². The fourth-order valence-electron chi connectivity index (χ4n) is 4.22. The fourth-order valence-corrected chi connectivity index (χ4v) is 4.22. The van der Waals surface area contributed by atoms with Crippen molar-refractivity contribution in [3.63, 3.8) is 0 Å². The maximum atomic E-state index is 13.3. The zero-order chi connectivity index (χ0) is 23.1. The number of aromatic hydroxyl groups is 1. The third-order valence-electron chi connectivity index (χ3n) is 5.92. The minimum absolute atomic E-state index is 0.0389. The van der Waals surface area contributed by atoms with E-state index in [-0.39, 0.29) is 17.9 Å². The molecule has 0 saturated carbocycles. The Morgan fingerprint density at radius 2 is 1.78 bits per heavy atom. The van der Waals surface area contributed by atoms with Crippen LogP contribution in [0.15, 0.2) is 30.5 Å². The van der Waals surface area contributed by atoms with E-state index >= 15 is 0 Å². The number of nitrogens with zero attached hydrogens (tertiary/aromatic N) is 3. The van der Waals surface area contributed by atoms with Gasteiger partial charge in [0.1, 0.15) is 0 Å². The van der Waals surface area contributed by atoms with Crippen LogP contribution >= 0.6 is 0 Å². The molecule has 0 radical (unpaired) electrons. The highest BCUT2D eigenvalue weighted by atomic mass is 19.2. The summed E-state index contributed by atoms with van der Waals surface area (Å²) in [5, 5.41) is 13.1. The minimum atomic E-state index is -0.962. The van der Waals surface area contributed by atoms with Gasteiger partial charge in [-0.25, -0.2) is 13.8 Å². The van der Waals surface area contributed by atoms with Crippen LogP contribution < -0.4 is 10.2 Å². The zero-order valence-corrected chi connectivity index (χ0v) is 18.8. The Morgan fingerprint density at radius 1 is 1.09 bits per heavy atom. The summed E-state index contributed by atoms with van der Waals surface area (Å²) in [6.07, 6.45) is 6.18. The lowest BCUT2D eigenvalue weighted by Gasteiger charge is -2.40. The standard InChI is InChI=1S/C24H32F2N4O2/c1-3-5-19(6-4-2)29-9-11-30(12-10-29)23-22(31)14-18(16-27-23)24(32)28-15-17-7-8-20(25)21(26)13-17/h7-8,13-14,16,19,31H,3-6,9-12,15H2,1-2H3,(H,28,32). The largest absolute Gasteiger partial charge is 0.504 e. The van der Waals surface area contributed by atoms with Crippen LogP contribution in [0.25, 0.3) is 0 Å². The Hall–Kier alpha value is -2.74. The molecule has 0 atom stereocenters. The summed E-state index contributed by atoms with van der Waals surface area (Å²) in [5.74, 6) is -1.91. The summed E-state index contributed by atoms with van der Waals surface area (Å²) < 4.78 is 26.3. The molecule has 0 unspecified atom stereocenters. The minimum Gasteiger partial charge on any atom is -0.504 e. The van der Waals surface area contributed by atoms with Crippen LogP contribution in [-0.4, -0.2) is 53.1 Å². The van der Waals surface area contributed by atoms with Crippen molar-refractivity contribution in [2.75, 3.05) is 31.1 Å². The van der Waals surface area contributed by atoms with E-state index in [1.165, 1.54) is 44.0 Å². The summed E-state index contributed by atoms with van der Waals surface area (Å²) >= 11 is 0. The topological polar surface area (TPSA) is 68.7 Å². The van der Waals surface area contributed by atoms with Crippen molar-refractivity contribution in [2.45, 2.75) is 52.1 Å². The molecular formula is C24H32F2N4O2. The number of halogens is 2. The maximum Gasteiger partial charge on any atom is 0.253 e. The number of carbonyl (C=O) groups is 1. The Labute approximate surface area is 188 Å². The Morgan fingerprint density at radius 3 is 2.38 bits per heavy atom. The van der Waals surface area contributed by atoms with E-state index in [1.54, 1.807) is 0 Å². The number of anilines is 1. The lowest BCUT2D eigenvalue weighted by molar-refractivity contribution is 0.0950. The highest BCUT2D eigenvalue weighted by molar-refractivity contribution is 5.94. The van der Waals surface area contributed by atoms with Crippen molar-refractivity contribution in [2.24, 2.45) is 0 Å². The normalized spacial score (nSPS) is 14.7. The molecule has 3 rings (SSSR count). The predicted octanol–water partition coefficient (Wildman–Crippen LogP) is 4.09. The molecule has 0 bridgehead atoms. The van der Waals surface area contributed by atoms with E-state index in [4.69, 9.17) is 0 Å². The van der Waals surface area contributed by atoms with E-state index < -0.39 is 17.5 Å². The highest BCUT2D eigenvalue weighted by Crippen LogP contribution is 2.27. The predicted molar refractivity (Wildman–Crippen MR) is 121 cm³/mol. The summed E-state index contributed by atoms with van der Waals surface area (Å²) in [6.45, 7) is 7.85. The molecule has 1 aliphatic heterocycles. The first kappa shape index (κ1) is 23.9. The lowest BCUT2D eigenvalue weighted by Crippen LogP contribution is -2.50. The van der Waals surface area contributed by atoms with Crippen molar-refractivity contribution in [3.8, 4) is 5.75 Å². The third kappa shape index (κ3) is 5.94. The second kappa shape index (κ2) is 11.2. The van der Waals surface area contributed by atoms with Crippen LogP contribution in [0.1, 0.15) is 55.5 Å². The number of benzene rings is 1. The monoisotopic (exact) mass is 446 g/mol. The Balaban J connectivity index is 1.57. The van der Waals surface area contributed by atoms with Gasteiger partial charge in [-0.15, -0.1) is 0 Å². The van der Waals surface area contributed by atoms with Gasteiger partial charge in [0.05, 0.1) is 5.56 Å². The van der Waals surface area contributed by atoms with E-state index in [1.807, 2.05) is 4.90 Å². The van der Waals surface area contributed by atoms with Crippen molar-refractivity contribution in [1.29, 1.82) is 0 Å². The van der Waals surface area contributed by atoms with Crippen molar-refractivity contribution >= 4 is 11.7 Å². The number of nitrogens with one attached hydrogen (secondary N) is 1. The van der Waals surface area contributed by atoms with Gasteiger partial charge in [-0.2, -0.15) is 0 Å². The summed E-state index contributed by atoms with van der Waals surface area (Å²) in [7, 11) is 0. The smallest absolute Gasteiger partial charge is 0.253 e. The summed E-state index contributed by atoms with van der Waals surface area (Å²) in [6, 6.07) is 5.47. The molecule has 0 aliphatic carbocycles. The molecule has 2 N–H and O–H groups in total. The van der Waals surface area contributed by atoms with Gasteiger partial charge in [0, 0.05) is 45.0 Å². The highest BCUT2D eigenvalue weighted by Gasteiger charge is 2.25. The number of carbonyl (C=O) groups excluding carboxylic acids is 1. The van der Waals surface area contributed by atoms with Gasteiger partial charge in [-0.1, -0.05) is 32.8 Å². The quantitative estimate of drug-likeness (QED) is 0.607. The average Bonchev–Trinajstić information content (AvgIpc) is 2.79. The molecule has 1 aliphatic rings. The Bertz CT molecular complexity index is 911. The van der Waals surface area contributed by atoms with Gasteiger partial charge >= 0.3 is 0 Å². The van der Waals surface area contributed by atoms with Crippen molar-refractivity contribution < 1.29 is 18.7 Å². The summed E-state index contributed by atoms with van der Waals surface area (Å²) in [4.78, 5) is 21.3. The number of pyridine rings is 1. The number of rotatable bonds is 9. The van der Waals surface area contributed by atoms with Gasteiger partial charge < -0.3 is 15.3 Å². The van der Waals surface area contributed by atoms with E-state index in [2.05, 4.69) is 29.0 Å². The van der Waals surface area contributed by atoms with Gasteiger partial charge in [0.25, 0.3) is 5.91 Å². The molecule has 174 valence electrons. The molecule has 8 heteroatoms.